The lowest BCUT2D eigenvalue weighted by Gasteiger charge is -1.91. The van der Waals surface area contributed by atoms with Crippen LogP contribution in [0.15, 0.2) is 18.2 Å². The third-order valence-electron chi connectivity index (χ3n) is 1.95. The van der Waals surface area contributed by atoms with Crippen LogP contribution in [0, 0.1) is 12.7 Å². The fourth-order valence-corrected chi connectivity index (χ4v) is 2.21. The number of hydrogen-bond donors (Lipinski definition) is 1. The maximum atomic E-state index is 13.1. The molecule has 0 saturated carbocycles. The summed E-state index contributed by atoms with van der Waals surface area (Å²) in [7, 11) is 0. The van der Waals surface area contributed by atoms with Gasteiger partial charge in [0, 0.05) is 5.39 Å². The zero-order chi connectivity index (χ0) is 8.72. The lowest BCUT2D eigenvalue weighted by atomic mass is 10.2. The predicted octanol–water partition coefficient (Wildman–Crippen LogP) is 2.93. The molecule has 2 aromatic rings. The first-order valence-corrected chi connectivity index (χ1v) is 4.45. The number of aryl methyl sites for hydroxylation is 1. The van der Waals surface area contributed by atoms with Gasteiger partial charge in [-0.1, -0.05) is 12.1 Å². The molecule has 0 fully saturated rings. The smallest absolute Gasteiger partial charge is 0.141 e. The number of nitrogen functional groups attached to an aromatic ring is 1. The largest absolute Gasteiger partial charge is 0.390 e. The van der Waals surface area contributed by atoms with E-state index < -0.39 is 0 Å². The number of benzene rings is 1. The molecule has 0 saturated heterocycles. The van der Waals surface area contributed by atoms with Gasteiger partial charge in [0.2, 0.25) is 0 Å². The highest BCUT2D eigenvalue weighted by Gasteiger charge is 2.07. The topological polar surface area (TPSA) is 26.0 Å². The normalized spacial score (nSPS) is 10.8. The van der Waals surface area contributed by atoms with Crippen LogP contribution < -0.4 is 5.73 Å². The van der Waals surface area contributed by atoms with Crippen LogP contribution >= 0.6 is 11.3 Å². The van der Waals surface area contributed by atoms with Crippen molar-refractivity contribution in [3.8, 4) is 0 Å². The van der Waals surface area contributed by atoms with E-state index >= 15 is 0 Å². The Morgan fingerprint density at radius 2 is 2.17 bits per heavy atom. The molecule has 1 nitrogen and oxygen atoms in total. The molecule has 0 bridgehead atoms. The SMILES string of the molecule is Cc1c(N)sc2c(F)cccc12. The highest BCUT2D eigenvalue weighted by molar-refractivity contribution is 7.22. The summed E-state index contributed by atoms with van der Waals surface area (Å²) >= 11 is 1.31. The summed E-state index contributed by atoms with van der Waals surface area (Å²) in [6.07, 6.45) is 0. The van der Waals surface area contributed by atoms with Crippen LogP contribution in [-0.4, -0.2) is 0 Å². The molecule has 0 aliphatic carbocycles. The van der Waals surface area contributed by atoms with E-state index in [0.29, 0.717) is 9.70 Å². The Bertz CT molecular complexity index is 433. The van der Waals surface area contributed by atoms with Gasteiger partial charge >= 0.3 is 0 Å². The van der Waals surface area contributed by atoms with E-state index in [0.717, 1.165) is 10.9 Å². The fraction of sp³-hybridized carbons (Fsp3) is 0.111. The Kier molecular flexibility index (Phi) is 1.54. The summed E-state index contributed by atoms with van der Waals surface area (Å²) in [6.45, 7) is 1.91. The molecular formula is C9H8FNS. The number of rotatable bonds is 0. The van der Waals surface area contributed by atoms with E-state index in [9.17, 15) is 4.39 Å². The van der Waals surface area contributed by atoms with E-state index in [2.05, 4.69) is 0 Å². The van der Waals surface area contributed by atoms with E-state index in [1.54, 1.807) is 6.07 Å². The summed E-state index contributed by atoms with van der Waals surface area (Å²) in [5, 5.41) is 1.63. The van der Waals surface area contributed by atoms with Gasteiger partial charge in [0.05, 0.1) is 9.70 Å². The van der Waals surface area contributed by atoms with Gasteiger partial charge in [0.25, 0.3) is 0 Å². The molecule has 1 aromatic carbocycles. The van der Waals surface area contributed by atoms with Crippen molar-refractivity contribution in [1.82, 2.24) is 0 Å². The second-order valence-electron chi connectivity index (χ2n) is 2.71. The molecule has 2 rings (SSSR count). The van der Waals surface area contributed by atoms with Gasteiger partial charge in [-0.2, -0.15) is 0 Å². The highest BCUT2D eigenvalue weighted by Crippen LogP contribution is 2.33. The Morgan fingerprint density at radius 3 is 2.83 bits per heavy atom. The minimum absolute atomic E-state index is 0.183. The number of anilines is 1. The molecule has 0 atom stereocenters. The van der Waals surface area contributed by atoms with Gasteiger partial charge in [-0.25, -0.2) is 4.39 Å². The quantitative estimate of drug-likeness (QED) is 0.664. The zero-order valence-electron chi connectivity index (χ0n) is 6.60. The lowest BCUT2D eigenvalue weighted by molar-refractivity contribution is 0.641. The average molecular weight is 181 g/mol. The van der Waals surface area contributed by atoms with Crippen LogP contribution in [0.3, 0.4) is 0 Å². The molecule has 1 heterocycles. The number of halogens is 1. The Balaban J connectivity index is 2.95. The van der Waals surface area contributed by atoms with Crippen LogP contribution in [0.4, 0.5) is 9.39 Å². The molecule has 0 radical (unpaired) electrons. The van der Waals surface area contributed by atoms with Crippen molar-refractivity contribution in [3.63, 3.8) is 0 Å². The van der Waals surface area contributed by atoms with Crippen LogP contribution in [-0.2, 0) is 0 Å². The van der Waals surface area contributed by atoms with Crippen molar-refractivity contribution in [2.45, 2.75) is 6.92 Å². The first kappa shape index (κ1) is 7.55. The van der Waals surface area contributed by atoms with Crippen molar-refractivity contribution < 1.29 is 4.39 Å². The predicted molar refractivity (Wildman–Crippen MR) is 50.9 cm³/mol. The van der Waals surface area contributed by atoms with Gasteiger partial charge in [-0.3, -0.25) is 0 Å². The van der Waals surface area contributed by atoms with Crippen LogP contribution in [0.1, 0.15) is 5.56 Å². The number of thiophene rings is 1. The first-order valence-electron chi connectivity index (χ1n) is 3.63. The number of fused-ring (bicyclic) bond motifs is 1. The average Bonchev–Trinajstić information content (AvgIpc) is 2.32. The molecule has 0 amide bonds. The van der Waals surface area contributed by atoms with E-state index in [4.69, 9.17) is 5.73 Å². The molecule has 0 unspecified atom stereocenters. The van der Waals surface area contributed by atoms with Gasteiger partial charge in [0.15, 0.2) is 0 Å². The van der Waals surface area contributed by atoms with E-state index in [-0.39, 0.29) is 5.82 Å². The van der Waals surface area contributed by atoms with Crippen LogP contribution in [0.2, 0.25) is 0 Å². The third-order valence-corrected chi connectivity index (χ3v) is 3.10. The molecule has 0 aliphatic rings. The maximum Gasteiger partial charge on any atom is 0.141 e. The van der Waals surface area contributed by atoms with Crippen molar-refractivity contribution in [2.24, 2.45) is 0 Å². The Morgan fingerprint density at radius 1 is 1.42 bits per heavy atom. The van der Waals surface area contributed by atoms with Gasteiger partial charge in [0.1, 0.15) is 5.82 Å². The van der Waals surface area contributed by atoms with Crippen molar-refractivity contribution in [1.29, 1.82) is 0 Å². The second-order valence-corrected chi connectivity index (χ2v) is 3.76. The summed E-state index contributed by atoms with van der Waals surface area (Å²) in [5.74, 6) is -0.183. The summed E-state index contributed by atoms with van der Waals surface area (Å²) in [4.78, 5) is 0. The Hall–Kier alpha value is -1.09. The molecule has 2 N–H and O–H groups in total. The van der Waals surface area contributed by atoms with Gasteiger partial charge in [-0.15, -0.1) is 11.3 Å². The van der Waals surface area contributed by atoms with Crippen molar-refractivity contribution >= 4 is 26.4 Å². The highest BCUT2D eigenvalue weighted by atomic mass is 32.1. The minimum Gasteiger partial charge on any atom is -0.390 e. The van der Waals surface area contributed by atoms with Crippen LogP contribution in [0.25, 0.3) is 10.1 Å². The molecule has 0 spiro atoms. The minimum atomic E-state index is -0.183. The number of hydrogen-bond acceptors (Lipinski definition) is 2. The second kappa shape index (κ2) is 2.45. The van der Waals surface area contributed by atoms with Gasteiger partial charge < -0.3 is 5.73 Å². The molecule has 0 aliphatic heterocycles. The summed E-state index contributed by atoms with van der Waals surface area (Å²) in [6, 6.07) is 5.05. The lowest BCUT2D eigenvalue weighted by Crippen LogP contribution is -1.80. The molecule has 1 aromatic heterocycles. The monoisotopic (exact) mass is 181 g/mol. The van der Waals surface area contributed by atoms with Gasteiger partial charge in [-0.05, 0) is 18.6 Å². The van der Waals surface area contributed by atoms with E-state index in [1.807, 2.05) is 13.0 Å². The maximum absolute atomic E-state index is 13.1. The van der Waals surface area contributed by atoms with Crippen molar-refractivity contribution in [2.75, 3.05) is 5.73 Å². The first-order chi connectivity index (χ1) is 5.70. The molecule has 3 heteroatoms. The molecule has 62 valence electrons. The molecular weight excluding hydrogens is 173 g/mol. The molecule has 12 heavy (non-hydrogen) atoms. The Labute approximate surface area is 73.6 Å². The zero-order valence-corrected chi connectivity index (χ0v) is 7.41. The van der Waals surface area contributed by atoms with Crippen molar-refractivity contribution in [3.05, 3.63) is 29.6 Å². The standard InChI is InChI=1S/C9H8FNS/c1-5-6-3-2-4-7(10)8(6)12-9(5)11/h2-4H,11H2,1H3. The van der Waals surface area contributed by atoms with E-state index in [1.165, 1.54) is 17.4 Å². The summed E-state index contributed by atoms with van der Waals surface area (Å²) < 4.78 is 13.8. The summed E-state index contributed by atoms with van der Waals surface area (Å²) in [5.41, 5.74) is 6.65. The van der Waals surface area contributed by atoms with Crippen LogP contribution in [0.5, 0.6) is 0 Å². The number of nitrogens with two attached hydrogens (primary N) is 1. The third kappa shape index (κ3) is 0.898. The fourth-order valence-electron chi connectivity index (χ4n) is 1.23.